The van der Waals surface area contributed by atoms with E-state index >= 15 is 0 Å². The lowest BCUT2D eigenvalue weighted by atomic mass is 10.1. The van der Waals surface area contributed by atoms with E-state index in [1.165, 1.54) is 0 Å². The Morgan fingerprint density at radius 1 is 1.40 bits per heavy atom. The molecule has 6 heteroatoms. The molecule has 3 heterocycles. The molecule has 0 unspecified atom stereocenters. The fraction of sp³-hybridized carbons (Fsp3) is 0.214. The van der Waals surface area contributed by atoms with Gasteiger partial charge < -0.3 is 10.3 Å². The van der Waals surface area contributed by atoms with Crippen molar-refractivity contribution in [1.29, 1.82) is 0 Å². The summed E-state index contributed by atoms with van der Waals surface area (Å²) < 4.78 is 1.55. The van der Waals surface area contributed by atoms with E-state index in [0.717, 1.165) is 33.9 Å². The van der Waals surface area contributed by atoms with E-state index in [2.05, 4.69) is 16.0 Å². The smallest absolute Gasteiger partial charge is 0.250 e. The fourth-order valence-electron chi connectivity index (χ4n) is 2.13. The van der Waals surface area contributed by atoms with Gasteiger partial charge in [-0.25, -0.2) is 9.97 Å². The van der Waals surface area contributed by atoms with Crippen molar-refractivity contribution in [3.05, 3.63) is 46.7 Å². The van der Waals surface area contributed by atoms with Gasteiger partial charge in [-0.2, -0.15) is 0 Å². The lowest BCUT2D eigenvalue weighted by molar-refractivity contribution is 0.862. The highest BCUT2D eigenvalue weighted by Gasteiger charge is 2.16. The van der Waals surface area contributed by atoms with Gasteiger partial charge in [0, 0.05) is 47.3 Å². The highest BCUT2D eigenvalue weighted by molar-refractivity contribution is 8.08. The molecule has 3 rings (SSSR count). The van der Waals surface area contributed by atoms with Crippen LogP contribution >= 0.6 is 11.8 Å². The summed E-state index contributed by atoms with van der Waals surface area (Å²) in [7, 11) is 1.73. The largest absolute Gasteiger partial charge is 0.368 e. The van der Waals surface area contributed by atoms with E-state index in [-0.39, 0.29) is 11.5 Å². The van der Waals surface area contributed by atoms with Crippen LogP contribution < -0.4 is 11.3 Å². The molecule has 0 aliphatic carbocycles. The van der Waals surface area contributed by atoms with Crippen LogP contribution in [0, 0.1) is 0 Å². The zero-order valence-corrected chi connectivity index (χ0v) is 11.9. The van der Waals surface area contributed by atoms with Crippen LogP contribution in [0.5, 0.6) is 0 Å². The van der Waals surface area contributed by atoms with Crippen molar-refractivity contribution in [1.82, 2.24) is 14.5 Å². The molecule has 0 spiro atoms. The summed E-state index contributed by atoms with van der Waals surface area (Å²) in [6, 6.07) is 3.34. The van der Waals surface area contributed by atoms with Gasteiger partial charge in [-0.1, -0.05) is 6.08 Å². The topological polar surface area (TPSA) is 73.8 Å². The molecule has 0 amide bonds. The van der Waals surface area contributed by atoms with Gasteiger partial charge in [0.1, 0.15) is 0 Å². The van der Waals surface area contributed by atoms with Crippen molar-refractivity contribution < 1.29 is 0 Å². The van der Waals surface area contributed by atoms with Crippen LogP contribution in [-0.4, -0.2) is 20.3 Å². The van der Waals surface area contributed by atoms with E-state index < -0.39 is 0 Å². The van der Waals surface area contributed by atoms with Crippen molar-refractivity contribution in [3.63, 3.8) is 0 Å². The predicted molar refractivity (Wildman–Crippen MR) is 82.2 cm³/mol. The molecule has 1 aliphatic rings. The first-order valence-corrected chi connectivity index (χ1v) is 7.26. The third-order valence-corrected chi connectivity index (χ3v) is 4.25. The second-order valence-electron chi connectivity index (χ2n) is 4.56. The van der Waals surface area contributed by atoms with E-state index in [4.69, 9.17) is 5.73 Å². The van der Waals surface area contributed by atoms with Gasteiger partial charge in [-0.05, 0) is 12.5 Å². The molecule has 0 atom stereocenters. The van der Waals surface area contributed by atoms with Gasteiger partial charge in [0.15, 0.2) is 0 Å². The number of anilines is 1. The SMILES string of the molecule is Cn1cc(-c2cnc(N)nc2C2=CCCS2)ccc1=O. The Hall–Kier alpha value is -2.08. The Bertz CT molecular complexity index is 751. The van der Waals surface area contributed by atoms with E-state index in [1.807, 2.05) is 0 Å². The van der Waals surface area contributed by atoms with Crippen LogP contribution in [-0.2, 0) is 7.05 Å². The number of pyridine rings is 1. The van der Waals surface area contributed by atoms with Crippen molar-refractivity contribution in [2.24, 2.45) is 7.05 Å². The van der Waals surface area contributed by atoms with E-state index in [1.54, 1.807) is 47.9 Å². The Kier molecular flexibility index (Phi) is 3.31. The number of hydrogen-bond donors (Lipinski definition) is 1. The fourth-order valence-corrected chi connectivity index (χ4v) is 3.11. The Balaban J connectivity index is 2.17. The molecule has 0 fully saturated rings. The molecule has 0 radical (unpaired) electrons. The minimum atomic E-state index is -0.0406. The van der Waals surface area contributed by atoms with Gasteiger partial charge >= 0.3 is 0 Å². The van der Waals surface area contributed by atoms with Crippen LogP contribution in [0.1, 0.15) is 12.1 Å². The number of aryl methyl sites for hydroxylation is 1. The molecule has 2 N–H and O–H groups in total. The van der Waals surface area contributed by atoms with Crippen LogP contribution in [0.3, 0.4) is 0 Å². The maximum absolute atomic E-state index is 11.5. The first-order valence-electron chi connectivity index (χ1n) is 6.28. The Labute approximate surface area is 120 Å². The van der Waals surface area contributed by atoms with Crippen molar-refractivity contribution in [3.8, 4) is 11.1 Å². The summed E-state index contributed by atoms with van der Waals surface area (Å²) in [5.41, 5.74) is 8.33. The molecule has 0 bridgehead atoms. The number of nitrogen functional groups attached to an aromatic ring is 1. The van der Waals surface area contributed by atoms with Crippen LogP contribution in [0.2, 0.25) is 0 Å². The number of nitrogens with two attached hydrogens (primary N) is 1. The molecular weight excluding hydrogens is 272 g/mol. The maximum atomic E-state index is 11.5. The van der Waals surface area contributed by atoms with Crippen LogP contribution in [0.25, 0.3) is 16.0 Å². The molecule has 5 nitrogen and oxygen atoms in total. The lowest BCUT2D eigenvalue weighted by Crippen LogP contribution is -2.14. The van der Waals surface area contributed by atoms with Gasteiger partial charge in [0.2, 0.25) is 11.5 Å². The van der Waals surface area contributed by atoms with Crippen LogP contribution in [0.4, 0.5) is 5.95 Å². The summed E-state index contributed by atoms with van der Waals surface area (Å²) in [6.07, 6.45) is 6.71. The molecule has 0 saturated heterocycles. The Morgan fingerprint density at radius 2 is 2.25 bits per heavy atom. The monoisotopic (exact) mass is 286 g/mol. The zero-order chi connectivity index (χ0) is 14.1. The molecular formula is C14H14N4OS. The first kappa shape index (κ1) is 12.9. The van der Waals surface area contributed by atoms with Gasteiger partial charge in [0.05, 0.1) is 5.69 Å². The molecule has 0 aromatic carbocycles. The number of thioether (sulfide) groups is 1. The van der Waals surface area contributed by atoms with Crippen molar-refractivity contribution >= 4 is 22.6 Å². The summed E-state index contributed by atoms with van der Waals surface area (Å²) in [5, 5.41) is 0. The molecule has 102 valence electrons. The third kappa shape index (κ3) is 2.34. The van der Waals surface area contributed by atoms with Gasteiger partial charge in [-0.3, -0.25) is 4.79 Å². The molecule has 1 aliphatic heterocycles. The van der Waals surface area contributed by atoms with Crippen molar-refractivity contribution in [2.45, 2.75) is 6.42 Å². The maximum Gasteiger partial charge on any atom is 0.250 e. The van der Waals surface area contributed by atoms with E-state index in [0.29, 0.717) is 0 Å². The minimum absolute atomic E-state index is 0.0406. The number of allylic oxidation sites excluding steroid dienone is 1. The molecule has 2 aromatic rings. The first-order chi connectivity index (χ1) is 9.65. The highest BCUT2D eigenvalue weighted by Crippen LogP contribution is 2.37. The highest BCUT2D eigenvalue weighted by atomic mass is 32.2. The average Bonchev–Trinajstić information content (AvgIpc) is 2.96. The quantitative estimate of drug-likeness (QED) is 0.912. The molecule has 20 heavy (non-hydrogen) atoms. The second kappa shape index (κ2) is 5.13. The Morgan fingerprint density at radius 3 is 2.95 bits per heavy atom. The third-order valence-electron chi connectivity index (χ3n) is 3.14. The minimum Gasteiger partial charge on any atom is -0.368 e. The molecule has 2 aromatic heterocycles. The van der Waals surface area contributed by atoms with Gasteiger partial charge in [-0.15, -0.1) is 11.8 Å². The summed E-state index contributed by atoms with van der Waals surface area (Å²) in [4.78, 5) is 21.1. The average molecular weight is 286 g/mol. The summed E-state index contributed by atoms with van der Waals surface area (Å²) in [6.45, 7) is 0. The summed E-state index contributed by atoms with van der Waals surface area (Å²) >= 11 is 1.77. The summed E-state index contributed by atoms with van der Waals surface area (Å²) in [5.74, 6) is 1.33. The number of rotatable bonds is 2. The number of nitrogens with zero attached hydrogens (tertiary/aromatic N) is 3. The standard InChI is InChI=1S/C14H14N4OS/c1-18-8-9(4-5-12(18)19)10-7-16-14(15)17-13(10)11-3-2-6-20-11/h3-5,7-8H,2,6H2,1H3,(H2,15,16,17). The normalized spacial score (nSPS) is 14.3. The zero-order valence-electron chi connectivity index (χ0n) is 11.0. The predicted octanol–water partition coefficient (Wildman–Crippen LogP) is 1.90. The molecule has 0 saturated carbocycles. The second-order valence-corrected chi connectivity index (χ2v) is 5.70. The number of aromatic nitrogens is 3. The number of hydrogen-bond acceptors (Lipinski definition) is 5. The lowest BCUT2D eigenvalue weighted by Gasteiger charge is -2.10. The van der Waals surface area contributed by atoms with Gasteiger partial charge in [0.25, 0.3) is 0 Å². The van der Waals surface area contributed by atoms with E-state index in [9.17, 15) is 4.79 Å². The van der Waals surface area contributed by atoms with Crippen LogP contribution in [0.15, 0.2) is 35.4 Å². The van der Waals surface area contributed by atoms with Crippen molar-refractivity contribution in [2.75, 3.05) is 11.5 Å².